The van der Waals surface area contributed by atoms with E-state index in [0.29, 0.717) is 10.7 Å². The molecule has 1 aromatic carbocycles. The Bertz CT molecular complexity index is 693. The number of fused-ring (bicyclic) bond motifs is 1. The lowest BCUT2D eigenvalue weighted by Gasteiger charge is -2.23. The number of carbonyl (C=O) groups is 1. The minimum Gasteiger partial charge on any atom is -0.273 e. The standard InChI is InChI=1S/C13H10N4OS/c18-12-7-10(19)5-6-17(12)16-13-11-4-2-1-3-9(11)8-14-15-13/h1-6,8H,7H2,(H,15,16). The Morgan fingerprint density at radius 2 is 2.16 bits per heavy atom. The zero-order chi connectivity index (χ0) is 13.2. The van der Waals surface area contributed by atoms with E-state index in [2.05, 4.69) is 15.6 Å². The molecule has 0 saturated heterocycles. The Morgan fingerprint density at radius 3 is 3.00 bits per heavy atom. The predicted octanol–water partition coefficient (Wildman–Crippen LogP) is 2.07. The summed E-state index contributed by atoms with van der Waals surface area (Å²) in [5, 5.41) is 11.2. The molecule has 0 radical (unpaired) electrons. The van der Waals surface area contributed by atoms with Gasteiger partial charge < -0.3 is 0 Å². The number of nitrogens with one attached hydrogen (secondary N) is 1. The predicted molar refractivity (Wildman–Crippen MR) is 76.4 cm³/mol. The van der Waals surface area contributed by atoms with Gasteiger partial charge >= 0.3 is 0 Å². The molecule has 0 fully saturated rings. The molecule has 1 aliphatic heterocycles. The summed E-state index contributed by atoms with van der Waals surface area (Å²) in [5.74, 6) is 0.436. The summed E-state index contributed by atoms with van der Waals surface area (Å²) in [6, 6.07) is 7.71. The number of hydrogen-bond acceptors (Lipinski definition) is 5. The summed E-state index contributed by atoms with van der Waals surface area (Å²) in [7, 11) is 0. The lowest BCUT2D eigenvalue weighted by Crippen LogP contribution is -2.35. The van der Waals surface area contributed by atoms with Gasteiger partial charge in [0.1, 0.15) is 0 Å². The van der Waals surface area contributed by atoms with Crippen molar-refractivity contribution in [2.75, 3.05) is 5.43 Å². The number of hydrazine groups is 1. The van der Waals surface area contributed by atoms with Crippen molar-refractivity contribution in [3.63, 3.8) is 0 Å². The highest BCUT2D eigenvalue weighted by Gasteiger charge is 2.18. The van der Waals surface area contributed by atoms with Gasteiger partial charge in [0.15, 0.2) is 5.82 Å². The maximum Gasteiger partial charge on any atom is 0.250 e. The lowest BCUT2D eigenvalue weighted by atomic mass is 10.2. The van der Waals surface area contributed by atoms with E-state index in [1.807, 2.05) is 24.3 Å². The monoisotopic (exact) mass is 270 g/mol. The lowest BCUT2D eigenvalue weighted by molar-refractivity contribution is -0.126. The molecule has 94 valence electrons. The normalized spacial score (nSPS) is 15.1. The second-order valence-electron chi connectivity index (χ2n) is 4.11. The molecule has 1 aliphatic rings. The molecule has 1 N–H and O–H groups in total. The van der Waals surface area contributed by atoms with Gasteiger partial charge in [-0.25, -0.2) is 5.01 Å². The third kappa shape index (κ3) is 2.30. The zero-order valence-electron chi connectivity index (χ0n) is 9.91. The first kappa shape index (κ1) is 11.7. The maximum atomic E-state index is 11.8. The summed E-state index contributed by atoms with van der Waals surface area (Å²) in [4.78, 5) is 12.5. The minimum atomic E-state index is -0.109. The molecular formula is C13H10N4OS. The number of thiocarbonyl (C=S) groups is 1. The average molecular weight is 270 g/mol. The molecule has 0 spiro atoms. The van der Waals surface area contributed by atoms with Crippen LogP contribution >= 0.6 is 12.2 Å². The van der Waals surface area contributed by atoms with Crippen LogP contribution in [0.3, 0.4) is 0 Å². The van der Waals surface area contributed by atoms with E-state index in [9.17, 15) is 4.79 Å². The number of hydrogen-bond donors (Lipinski definition) is 1. The Morgan fingerprint density at radius 1 is 1.32 bits per heavy atom. The molecule has 0 aliphatic carbocycles. The van der Waals surface area contributed by atoms with Crippen molar-refractivity contribution in [2.24, 2.45) is 0 Å². The van der Waals surface area contributed by atoms with Crippen LogP contribution < -0.4 is 5.43 Å². The molecule has 3 rings (SSSR count). The van der Waals surface area contributed by atoms with Crippen LogP contribution in [0.1, 0.15) is 6.42 Å². The van der Waals surface area contributed by atoms with E-state index in [1.165, 1.54) is 5.01 Å². The Kier molecular flexibility index (Phi) is 2.92. The van der Waals surface area contributed by atoms with E-state index < -0.39 is 0 Å². The van der Waals surface area contributed by atoms with Crippen LogP contribution in [0.2, 0.25) is 0 Å². The highest BCUT2D eigenvalue weighted by Crippen LogP contribution is 2.20. The molecule has 6 heteroatoms. The number of aromatic nitrogens is 2. The Hall–Kier alpha value is -2.34. The van der Waals surface area contributed by atoms with E-state index in [0.717, 1.165) is 10.8 Å². The third-order valence-electron chi connectivity index (χ3n) is 2.80. The van der Waals surface area contributed by atoms with Crippen LogP contribution in [0.15, 0.2) is 42.7 Å². The molecule has 2 heterocycles. The summed E-state index contributed by atoms with van der Waals surface area (Å²) >= 11 is 4.99. The third-order valence-corrected chi connectivity index (χ3v) is 3.08. The number of nitrogens with zero attached hydrogens (tertiary/aromatic N) is 3. The minimum absolute atomic E-state index is 0.109. The molecule has 1 amide bonds. The van der Waals surface area contributed by atoms with Gasteiger partial charge in [0.05, 0.1) is 12.6 Å². The van der Waals surface area contributed by atoms with E-state index >= 15 is 0 Å². The quantitative estimate of drug-likeness (QED) is 0.847. The molecule has 0 saturated carbocycles. The van der Waals surface area contributed by atoms with Crippen molar-refractivity contribution in [1.29, 1.82) is 0 Å². The maximum absolute atomic E-state index is 11.8. The van der Waals surface area contributed by atoms with Gasteiger partial charge in [0, 0.05) is 21.8 Å². The van der Waals surface area contributed by atoms with Crippen molar-refractivity contribution < 1.29 is 4.79 Å². The van der Waals surface area contributed by atoms with Gasteiger partial charge in [-0.05, 0) is 6.08 Å². The van der Waals surface area contributed by atoms with Crippen molar-refractivity contribution in [3.8, 4) is 0 Å². The number of anilines is 1. The Labute approximate surface area is 114 Å². The summed E-state index contributed by atoms with van der Waals surface area (Å²) < 4.78 is 0. The molecule has 0 unspecified atom stereocenters. The summed E-state index contributed by atoms with van der Waals surface area (Å²) in [5.41, 5.74) is 2.96. The number of allylic oxidation sites excluding steroid dienone is 1. The molecule has 1 aromatic heterocycles. The van der Waals surface area contributed by atoms with E-state index in [-0.39, 0.29) is 12.3 Å². The van der Waals surface area contributed by atoms with Gasteiger partial charge in [-0.2, -0.15) is 5.10 Å². The number of benzene rings is 1. The van der Waals surface area contributed by atoms with E-state index in [4.69, 9.17) is 12.2 Å². The average Bonchev–Trinajstić information content (AvgIpc) is 2.42. The van der Waals surface area contributed by atoms with E-state index in [1.54, 1.807) is 18.5 Å². The van der Waals surface area contributed by atoms with Crippen LogP contribution in [0.25, 0.3) is 10.8 Å². The molecule has 0 atom stereocenters. The summed E-state index contributed by atoms with van der Waals surface area (Å²) in [6.45, 7) is 0. The Balaban J connectivity index is 1.96. The highest BCUT2D eigenvalue weighted by molar-refractivity contribution is 7.80. The van der Waals surface area contributed by atoms with Crippen LogP contribution in [-0.4, -0.2) is 26.0 Å². The molecule has 5 nitrogen and oxygen atoms in total. The van der Waals surface area contributed by atoms with Gasteiger partial charge in [-0.1, -0.05) is 36.5 Å². The fraction of sp³-hybridized carbons (Fsp3) is 0.0769. The van der Waals surface area contributed by atoms with Crippen molar-refractivity contribution >= 4 is 39.6 Å². The van der Waals surface area contributed by atoms with Crippen LogP contribution in [-0.2, 0) is 4.79 Å². The number of carbonyl (C=O) groups excluding carboxylic acids is 1. The first-order valence-electron chi connectivity index (χ1n) is 5.74. The topological polar surface area (TPSA) is 58.1 Å². The number of rotatable bonds is 2. The summed E-state index contributed by atoms with van der Waals surface area (Å²) in [6.07, 6.45) is 5.25. The van der Waals surface area contributed by atoms with Gasteiger partial charge in [-0.15, -0.1) is 5.10 Å². The fourth-order valence-corrected chi connectivity index (χ4v) is 2.04. The smallest absolute Gasteiger partial charge is 0.250 e. The number of amides is 1. The second kappa shape index (κ2) is 4.74. The van der Waals surface area contributed by atoms with Crippen LogP contribution in [0, 0.1) is 0 Å². The van der Waals surface area contributed by atoms with Crippen LogP contribution in [0.4, 0.5) is 5.82 Å². The zero-order valence-corrected chi connectivity index (χ0v) is 10.7. The second-order valence-corrected chi connectivity index (χ2v) is 4.64. The van der Waals surface area contributed by atoms with Gasteiger partial charge in [0.25, 0.3) is 0 Å². The largest absolute Gasteiger partial charge is 0.273 e. The first-order chi connectivity index (χ1) is 9.24. The molecule has 0 bridgehead atoms. The fourth-order valence-electron chi connectivity index (χ4n) is 1.86. The van der Waals surface area contributed by atoms with Crippen molar-refractivity contribution in [2.45, 2.75) is 6.42 Å². The molecular weight excluding hydrogens is 260 g/mol. The first-order valence-corrected chi connectivity index (χ1v) is 6.15. The van der Waals surface area contributed by atoms with Crippen molar-refractivity contribution in [3.05, 3.63) is 42.7 Å². The molecule has 2 aromatic rings. The van der Waals surface area contributed by atoms with Crippen molar-refractivity contribution in [1.82, 2.24) is 15.2 Å². The van der Waals surface area contributed by atoms with Crippen LogP contribution in [0.5, 0.6) is 0 Å². The molecule has 19 heavy (non-hydrogen) atoms. The van der Waals surface area contributed by atoms with Gasteiger partial charge in [-0.3, -0.25) is 10.2 Å². The highest BCUT2D eigenvalue weighted by atomic mass is 32.1. The SMILES string of the molecule is O=C1CC(=S)C=CN1Nc1nncc2ccccc12. The van der Waals surface area contributed by atoms with Gasteiger partial charge in [0.2, 0.25) is 5.91 Å².